The third-order valence-corrected chi connectivity index (χ3v) is 5.17. The van der Waals surface area contributed by atoms with E-state index in [9.17, 15) is 14.0 Å². The zero-order valence-corrected chi connectivity index (χ0v) is 17.1. The summed E-state index contributed by atoms with van der Waals surface area (Å²) in [6.45, 7) is 3.91. The number of aryl methyl sites for hydroxylation is 2. The van der Waals surface area contributed by atoms with Gasteiger partial charge in [0, 0.05) is 23.7 Å². The Kier molecular flexibility index (Phi) is 5.41. The lowest BCUT2D eigenvalue weighted by molar-refractivity contribution is -0.118. The Morgan fingerprint density at radius 2 is 2.10 bits per heavy atom. The van der Waals surface area contributed by atoms with Crippen molar-refractivity contribution in [3.8, 4) is 22.7 Å². The van der Waals surface area contributed by atoms with Crippen molar-refractivity contribution in [1.82, 2.24) is 9.97 Å². The normalized spacial score (nSPS) is 15.9. The Balaban J connectivity index is 1.51. The van der Waals surface area contributed by atoms with Crippen molar-refractivity contribution in [3.63, 3.8) is 0 Å². The molecule has 0 bridgehead atoms. The number of hydrogen-bond donors (Lipinski definition) is 1. The van der Waals surface area contributed by atoms with Crippen molar-refractivity contribution in [3.05, 3.63) is 53.8 Å². The quantitative estimate of drug-likeness (QED) is 0.645. The van der Waals surface area contributed by atoms with Gasteiger partial charge < -0.3 is 14.9 Å². The number of rotatable bonds is 6. The SMILES string of the molecule is Cc1nc(-c2ccc(-c3ccc(N4CC(CCC(N)=O)OC4=O)cc3F)cn2)oc1C. The predicted molar refractivity (Wildman–Crippen MR) is 111 cm³/mol. The lowest BCUT2D eigenvalue weighted by Crippen LogP contribution is -2.25. The van der Waals surface area contributed by atoms with Gasteiger partial charge in [0.1, 0.15) is 23.4 Å². The molecule has 0 saturated carbocycles. The molecule has 160 valence electrons. The van der Waals surface area contributed by atoms with Gasteiger partial charge in [-0.1, -0.05) is 6.07 Å². The fourth-order valence-corrected chi connectivity index (χ4v) is 3.35. The topological polar surface area (TPSA) is 112 Å². The molecule has 1 aromatic carbocycles. The van der Waals surface area contributed by atoms with E-state index in [4.69, 9.17) is 14.9 Å². The first-order chi connectivity index (χ1) is 14.8. The van der Waals surface area contributed by atoms with Gasteiger partial charge in [-0.3, -0.25) is 14.7 Å². The molecule has 2 aromatic heterocycles. The van der Waals surface area contributed by atoms with Crippen molar-refractivity contribution in [2.45, 2.75) is 32.8 Å². The van der Waals surface area contributed by atoms with Crippen LogP contribution in [0.4, 0.5) is 14.9 Å². The van der Waals surface area contributed by atoms with Crippen LogP contribution in [0.2, 0.25) is 0 Å². The van der Waals surface area contributed by atoms with Gasteiger partial charge in [0.25, 0.3) is 0 Å². The first kappa shape index (κ1) is 20.5. The Labute approximate surface area is 177 Å². The number of aromatic nitrogens is 2. The van der Waals surface area contributed by atoms with Crippen molar-refractivity contribution < 1.29 is 23.1 Å². The summed E-state index contributed by atoms with van der Waals surface area (Å²) in [5, 5.41) is 0. The molecule has 0 radical (unpaired) electrons. The summed E-state index contributed by atoms with van der Waals surface area (Å²) < 4.78 is 25.6. The van der Waals surface area contributed by atoms with E-state index in [2.05, 4.69) is 9.97 Å². The number of benzene rings is 1. The number of ether oxygens (including phenoxy) is 1. The van der Waals surface area contributed by atoms with E-state index in [0.717, 1.165) is 11.5 Å². The van der Waals surface area contributed by atoms with Crippen LogP contribution < -0.4 is 10.6 Å². The molecule has 1 unspecified atom stereocenters. The molecule has 2 N–H and O–H groups in total. The lowest BCUT2D eigenvalue weighted by Gasteiger charge is -2.14. The largest absolute Gasteiger partial charge is 0.444 e. The van der Waals surface area contributed by atoms with Crippen molar-refractivity contribution in [2.75, 3.05) is 11.4 Å². The maximum absolute atomic E-state index is 14.8. The molecule has 4 rings (SSSR count). The summed E-state index contributed by atoms with van der Waals surface area (Å²) >= 11 is 0. The second-order valence-corrected chi connectivity index (χ2v) is 7.38. The van der Waals surface area contributed by atoms with E-state index >= 15 is 0 Å². The van der Waals surface area contributed by atoms with E-state index in [1.807, 2.05) is 13.8 Å². The molecule has 1 atom stereocenters. The summed E-state index contributed by atoms with van der Waals surface area (Å²) in [6, 6.07) is 7.96. The first-order valence-corrected chi connectivity index (χ1v) is 9.78. The van der Waals surface area contributed by atoms with Gasteiger partial charge in [-0.2, -0.15) is 0 Å². The summed E-state index contributed by atoms with van der Waals surface area (Å²) in [5.41, 5.74) is 7.79. The maximum Gasteiger partial charge on any atom is 0.414 e. The predicted octanol–water partition coefficient (Wildman–Crippen LogP) is 3.75. The molecule has 8 nitrogen and oxygen atoms in total. The Hall–Kier alpha value is -3.75. The van der Waals surface area contributed by atoms with Crippen LogP contribution >= 0.6 is 0 Å². The Morgan fingerprint density at radius 1 is 1.29 bits per heavy atom. The van der Waals surface area contributed by atoms with Gasteiger partial charge in [-0.05, 0) is 44.5 Å². The van der Waals surface area contributed by atoms with Crippen LogP contribution in [0.1, 0.15) is 24.3 Å². The van der Waals surface area contributed by atoms with Crippen LogP contribution in [0.15, 0.2) is 40.9 Å². The molecule has 31 heavy (non-hydrogen) atoms. The minimum Gasteiger partial charge on any atom is -0.444 e. The van der Waals surface area contributed by atoms with Crippen molar-refractivity contribution >= 4 is 17.7 Å². The molecule has 1 aliphatic rings. The number of oxazole rings is 1. The average molecular weight is 424 g/mol. The molecule has 3 aromatic rings. The standard InChI is InChI=1S/C22H21FN4O4/c1-12-13(2)30-21(26-12)19-7-3-14(10-25-19)17-6-4-15(9-18(17)23)27-11-16(31-22(27)29)5-8-20(24)28/h3-4,6-7,9-10,16H,5,8,11H2,1-2H3,(H2,24,28). The van der Waals surface area contributed by atoms with Gasteiger partial charge in [-0.15, -0.1) is 0 Å². The number of carbonyl (C=O) groups is 2. The third kappa shape index (κ3) is 4.25. The van der Waals surface area contributed by atoms with Gasteiger partial charge in [0.05, 0.1) is 17.9 Å². The van der Waals surface area contributed by atoms with E-state index < -0.39 is 23.9 Å². The van der Waals surface area contributed by atoms with Gasteiger partial charge in [0.2, 0.25) is 11.8 Å². The number of anilines is 1. The second-order valence-electron chi connectivity index (χ2n) is 7.38. The summed E-state index contributed by atoms with van der Waals surface area (Å²) in [6.07, 6.45) is 0.965. The number of carbonyl (C=O) groups excluding carboxylic acids is 2. The molecule has 0 spiro atoms. The fourth-order valence-electron chi connectivity index (χ4n) is 3.35. The minimum atomic E-state index is -0.579. The number of halogens is 1. The summed E-state index contributed by atoms with van der Waals surface area (Å²) in [7, 11) is 0. The monoisotopic (exact) mass is 424 g/mol. The maximum atomic E-state index is 14.8. The highest BCUT2D eigenvalue weighted by Gasteiger charge is 2.32. The third-order valence-electron chi connectivity index (χ3n) is 5.17. The molecule has 3 heterocycles. The molecule has 0 aliphatic carbocycles. The zero-order chi connectivity index (χ0) is 22.1. The van der Waals surface area contributed by atoms with Gasteiger partial charge in [-0.25, -0.2) is 14.2 Å². The second kappa shape index (κ2) is 8.17. The van der Waals surface area contributed by atoms with E-state index in [0.29, 0.717) is 34.8 Å². The number of hydrogen-bond acceptors (Lipinski definition) is 6. The van der Waals surface area contributed by atoms with E-state index in [1.165, 1.54) is 11.0 Å². The molecule has 1 fully saturated rings. The van der Waals surface area contributed by atoms with Crippen LogP contribution in [0, 0.1) is 19.7 Å². The molecule has 1 saturated heterocycles. The molecule has 2 amide bonds. The van der Waals surface area contributed by atoms with Crippen LogP contribution in [-0.2, 0) is 9.53 Å². The average Bonchev–Trinajstić information content (AvgIpc) is 3.28. The minimum absolute atomic E-state index is 0.120. The number of amides is 2. The lowest BCUT2D eigenvalue weighted by atomic mass is 10.1. The van der Waals surface area contributed by atoms with Crippen molar-refractivity contribution in [1.29, 1.82) is 0 Å². The van der Waals surface area contributed by atoms with Crippen LogP contribution in [0.5, 0.6) is 0 Å². The Bertz CT molecular complexity index is 1120. The molecular weight excluding hydrogens is 403 g/mol. The van der Waals surface area contributed by atoms with Crippen LogP contribution in [0.3, 0.4) is 0 Å². The van der Waals surface area contributed by atoms with Gasteiger partial charge in [0.15, 0.2) is 0 Å². The number of pyridine rings is 1. The highest BCUT2D eigenvalue weighted by atomic mass is 19.1. The number of primary amides is 1. The highest BCUT2D eigenvalue weighted by molar-refractivity contribution is 5.90. The Morgan fingerprint density at radius 3 is 2.71 bits per heavy atom. The summed E-state index contributed by atoms with van der Waals surface area (Å²) in [5.74, 6) is 0.177. The van der Waals surface area contributed by atoms with E-state index in [1.54, 1.807) is 30.5 Å². The van der Waals surface area contributed by atoms with Crippen LogP contribution in [-0.4, -0.2) is 34.6 Å². The molecular formula is C22H21FN4O4. The zero-order valence-electron chi connectivity index (χ0n) is 17.1. The first-order valence-electron chi connectivity index (χ1n) is 9.78. The summed E-state index contributed by atoms with van der Waals surface area (Å²) in [4.78, 5) is 33.0. The molecule has 1 aliphatic heterocycles. The highest BCUT2D eigenvalue weighted by Crippen LogP contribution is 2.30. The van der Waals surface area contributed by atoms with Crippen LogP contribution in [0.25, 0.3) is 22.7 Å². The number of nitrogens with zero attached hydrogens (tertiary/aromatic N) is 3. The number of nitrogens with two attached hydrogens (primary N) is 1. The van der Waals surface area contributed by atoms with Gasteiger partial charge >= 0.3 is 6.09 Å². The fraction of sp³-hybridized carbons (Fsp3) is 0.273. The van der Waals surface area contributed by atoms with E-state index in [-0.39, 0.29) is 13.0 Å². The number of cyclic esters (lactones) is 1. The smallest absolute Gasteiger partial charge is 0.414 e. The molecule has 9 heteroatoms. The van der Waals surface area contributed by atoms with Crippen molar-refractivity contribution in [2.24, 2.45) is 5.73 Å².